The predicted molar refractivity (Wildman–Crippen MR) is 292 cm³/mol. The van der Waals surface area contributed by atoms with E-state index in [1.54, 1.807) is 0 Å². The van der Waals surface area contributed by atoms with Gasteiger partial charge in [0.2, 0.25) is 0 Å². The van der Waals surface area contributed by atoms with Crippen LogP contribution in [0.1, 0.15) is 5.56 Å². The van der Waals surface area contributed by atoms with E-state index in [0.29, 0.717) is 28.7 Å². The fourth-order valence-corrected chi connectivity index (χ4v) is 10.4. The molecule has 3 aromatic heterocycles. The first-order valence-electron chi connectivity index (χ1n) is 23.8. The van der Waals surface area contributed by atoms with Crippen LogP contribution in [0.2, 0.25) is 0 Å². The van der Waals surface area contributed by atoms with Crippen molar-refractivity contribution in [3.05, 3.63) is 254 Å². The third-order valence-corrected chi connectivity index (χ3v) is 13.7. The second-order valence-corrected chi connectivity index (χ2v) is 17.7. The maximum absolute atomic E-state index is 10.2. The van der Waals surface area contributed by atoms with Crippen molar-refractivity contribution in [2.45, 2.75) is 0 Å². The van der Waals surface area contributed by atoms with E-state index in [9.17, 15) is 5.26 Å². The van der Waals surface area contributed by atoms with Gasteiger partial charge in [-0.2, -0.15) is 5.26 Å². The molecule has 10 aromatic carbocycles. The van der Waals surface area contributed by atoms with Gasteiger partial charge in [-0.15, -0.1) is 0 Å². The van der Waals surface area contributed by atoms with Crippen molar-refractivity contribution in [2.24, 2.45) is 0 Å². The average Bonchev–Trinajstić information content (AvgIpc) is 3.97. The van der Waals surface area contributed by atoms with Gasteiger partial charge in [-0.1, -0.05) is 176 Å². The van der Waals surface area contributed by atoms with Crippen LogP contribution < -0.4 is 0 Å². The molecule has 0 N–H and O–H groups in total. The number of hydrogen-bond acceptors (Lipinski definition) is 4. The van der Waals surface area contributed by atoms with Crippen molar-refractivity contribution in [3.63, 3.8) is 0 Å². The van der Waals surface area contributed by atoms with Crippen LogP contribution in [-0.4, -0.2) is 24.1 Å². The molecule has 72 heavy (non-hydrogen) atoms. The van der Waals surface area contributed by atoms with E-state index < -0.39 is 0 Å². The second-order valence-electron chi connectivity index (χ2n) is 17.7. The van der Waals surface area contributed by atoms with E-state index in [1.807, 2.05) is 109 Å². The second kappa shape index (κ2) is 17.4. The Kier molecular flexibility index (Phi) is 10.1. The summed E-state index contributed by atoms with van der Waals surface area (Å²) in [5.74, 6) is 1.64. The Morgan fingerprint density at radius 3 is 1.40 bits per heavy atom. The maximum Gasteiger partial charge on any atom is 0.194 e. The molecule has 0 saturated heterocycles. The number of aromatic nitrogens is 5. The topological polar surface area (TPSA) is 76.7 Å². The normalized spacial score (nSPS) is 11.3. The van der Waals surface area contributed by atoms with Crippen molar-refractivity contribution in [2.75, 3.05) is 0 Å². The summed E-state index contributed by atoms with van der Waals surface area (Å²) >= 11 is 0. The zero-order valence-electron chi connectivity index (χ0n) is 38.6. The molecule has 0 saturated carbocycles. The number of para-hydroxylation sites is 4. The van der Waals surface area contributed by atoms with E-state index in [-0.39, 0.29) is 0 Å². The third kappa shape index (κ3) is 7.00. The Morgan fingerprint density at radius 1 is 0.347 bits per heavy atom. The lowest BCUT2D eigenvalue weighted by molar-refractivity contribution is 1.06. The first-order valence-corrected chi connectivity index (χ1v) is 23.8. The number of nitriles is 1. The molecule has 0 unspecified atom stereocenters. The van der Waals surface area contributed by atoms with Crippen molar-refractivity contribution in [3.8, 4) is 85.0 Å². The Morgan fingerprint density at radius 2 is 0.792 bits per heavy atom. The van der Waals surface area contributed by atoms with Crippen molar-refractivity contribution < 1.29 is 0 Å². The largest absolute Gasteiger partial charge is 0.309 e. The van der Waals surface area contributed by atoms with Gasteiger partial charge in [-0.05, 0) is 88.5 Å². The Bertz CT molecular complexity index is 4140. The molecule has 0 aliphatic carbocycles. The van der Waals surface area contributed by atoms with Crippen LogP contribution >= 0.6 is 0 Å². The lowest BCUT2D eigenvalue weighted by atomic mass is 9.97. The summed E-state index contributed by atoms with van der Waals surface area (Å²) in [6.45, 7) is 8.03. The lowest BCUT2D eigenvalue weighted by Crippen LogP contribution is -2.04. The summed E-state index contributed by atoms with van der Waals surface area (Å²) in [5.41, 5.74) is 15.5. The minimum atomic E-state index is 0.520. The standard InChI is InChI=1S/C65H39N7/c1-67-56-28-14-10-24-49(56)45-33-36-61-54(39-45)53-38-44(48-23-9-8-22-47(48)41-66)32-35-60(53)72(61)62-37-34-46(50-25-11-15-29-57(50)71-58-30-16-12-26-51(58)52-27-13-17-31-59(52)71)40-55(62)65-69-63(42-18-4-2-5-19-42)68-64(70-65)43-20-6-3-7-21-43/h2-40H. The molecule has 0 radical (unpaired) electrons. The zero-order chi connectivity index (χ0) is 48.1. The minimum absolute atomic E-state index is 0.520. The maximum atomic E-state index is 10.2. The molecule has 0 bridgehead atoms. The van der Waals surface area contributed by atoms with E-state index in [1.165, 1.54) is 10.8 Å². The fraction of sp³-hybridized carbons (Fsp3) is 0. The minimum Gasteiger partial charge on any atom is -0.309 e. The van der Waals surface area contributed by atoms with Gasteiger partial charge in [0, 0.05) is 43.8 Å². The highest BCUT2D eigenvalue weighted by Gasteiger charge is 2.23. The van der Waals surface area contributed by atoms with Gasteiger partial charge >= 0.3 is 0 Å². The van der Waals surface area contributed by atoms with Crippen LogP contribution in [0.5, 0.6) is 0 Å². The number of nitrogens with zero attached hydrogens (tertiary/aromatic N) is 7. The summed E-state index contributed by atoms with van der Waals surface area (Å²) in [6.07, 6.45) is 0. The predicted octanol–water partition coefficient (Wildman–Crippen LogP) is 16.5. The molecule has 13 rings (SSSR count). The van der Waals surface area contributed by atoms with Crippen LogP contribution in [0.3, 0.4) is 0 Å². The molecule has 0 aliphatic rings. The molecule has 0 amide bonds. The van der Waals surface area contributed by atoms with Crippen molar-refractivity contribution in [1.82, 2.24) is 24.1 Å². The lowest BCUT2D eigenvalue weighted by Gasteiger charge is -2.18. The monoisotopic (exact) mass is 917 g/mol. The highest BCUT2D eigenvalue weighted by molar-refractivity contribution is 6.13. The molecule has 7 nitrogen and oxygen atoms in total. The van der Waals surface area contributed by atoms with Gasteiger partial charge in [0.1, 0.15) is 0 Å². The van der Waals surface area contributed by atoms with Crippen LogP contribution in [0, 0.1) is 17.9 Å². The summed E-state index contributed by atoms with van der Waals surface area (Å²) in [4.78, 5) is 19.7. The molecule has 13 aromatic rings. The summed E-state index contributed by atoms with van der Waals surface area (Å²) in [7, 11) is 0. The van der Waals surface area contributed by atoms with Crippen LogP contribution in [0.15, 0.2) is 237 Å². The van der Waals surface area contributed by atoms with Crippen molar-refractivity contribution in [1.29, 1.82) is 5.26 Å². The Balaban J connectivity index is 1.12. The van der Waals surface area contributed by atoms with Crippen molar-refractivity contribution >= 4 is 49.3 Å². The summed E-state index contributed by atoms with van der Waals surface area (Å²) in [5, 5.41) is 14.6. The summed E-state index contributed by atoms with van der Waals surface area (Å²) < 4.78 is 4.68. The molecule has 7 heteroatoms. The number of benzene rings is 10. The van der Waals surface area contributed by atoms with Gasteiger partial charge in [-0.3, -0.25) is 0 Å². The smallest absolute Gasteiger partial charge is 0.194 e. The van der Waals surface area contributed by atoms with Gasteiger partial charge in [0.15, 0.2) is 23.2 Å². The molecule has 0 atom stereocenters. The average molecular weight is 918 g/mol. The van der Waals surface area contributed by atoms with Gasteiger partial charge in [0.25, 0.3) is 0 Å². The molecule has 0 aliphatic heterocycles. The highest BCUT2D eigenvalue weighted by Crippen LogP contribution is 2.43. The van der Waals surface area contributed by atoms with Crippen LogP contribution in [0.4, 0.5) is 5.69 Å². The highest BCUT2D eigenvalue weighted by atomic mass is 15.1. The Labute approximate surface area is 415 Å². The van der Waals surface area contributed by atoms with Crippen LogP contribution in [-0.2, 0) is 0 Å². The number of fused-ring (bicyclic) bond motifs is 6. The molecule has 0 fully saturated rings. The first-order chi connectivity index (χ1) is 35.6. The number of hydrogen-bond donors (Lipinski definition) is 0. The molecule has 334 valence electrons. The fourth-order valence-electron chi connectivity index (χ4n) is 10.4. The third-order valence-electron chi connectivity index (χ3n) is 13.7. The molecule has 0 spiro atoms. The van der Waals surface area contributed by atoms with E-state index >= 15 is 0 Å². The SMILES string of the molecule is [C-]#[N+]c1ccccc1-c1ccc2c(c1)c1cc(-c3ccccc3C#N)ccc1n2-c1ccc(-c2ccccc2-n2c3ccccc3c3ccccc32)cc1-c1nc(-c2ccccc2)nc(-c2ccccc2)n1. The van der Waals surface area contributed by atoms with Gasteiger partial charge in [-0.25, -0.2) is 19.8 Å². The van der Waals surface area contributed by atoms with Gasteiger partial charge in [0.05, 0.1) is 51.6 Å². The van der Waals surface area contributed by atoms with E-state index in [2.05, 4.69) is 147 Å². The van der Waals surface area contributed by atoms with E-state index in [0.717, 1.165) is 94.3 Å². The first kappa shape index (κ1) is 41.9. The van der Waals surface area contributed by atoms with E-state index in [4.69, 9.17) is 21.5 Å². The number of rotatable bonds is 8. The quantitative estimate of drug-likeness (QED) is 0.142. The molecular formula is C65H39N7. The van der Waals surface area contributed by atoms with Gasteiger partial charge < -0.3 is 9.13 Å². The summed E-state index contributed by atoms with van der Waals surface area (Å²) in [6, 6.07) is 83.4. The Hall–Kier alpha value is -10.2. The molecule has 3 heterocycles. The van der Waals surface area contributed by atoms with Crippen LogP contribution in [0.25, 0.3) is 127 Å². The molecular weight excluding hydrogens is 879 g/mol. The zero-order valence-corrected chi connectivity index (χ0v) is 38.6.